The average molecular weight is 85.1 g/mol. The molecule has 0 fully saturated rings. The molecule has 0 radical (unpaired) electrons. The van der Waals surface area contributed by atoms with Crippen LogP contribution < -0.4 is 0 Å². The highest BCUT2D eigenvalue weighted by Crippen LogP contribution is 1.91. The first-order valence-corrected chi connectivity index (χ1v) is 2.04. The minimum Gasteiger partial charge on any atom is -0.303 e. The third kappa shape index (κ3) is 3.54. The van der Waals surface area contributed by atoms with E-state index in [4.69, 9.17) is 0 Å². The molecule has 0 aromatic carbocycles. The minimum atomic E-state index is 0.280. The smallest absolute Gasteiger partial charge is 0.124 e. The molecule has 0 aliphatic rings. The van der Waals surface area contributed by atoms with Gasteiger partial charge in [0.1, 0.15) is 6.29 Å². The summed E-state index contributed by atoms with van der Waals surface area (Å²) in [7, 11) is 0. The third-order valence-corrected chi connectivity index (χ3v) is 0.499. The van der Waals surface area contributed by atoms with Crippen LogP contribution in [0.2, 0.25) is 0 Å². The summed E-state index contributed by atoms with van der Waals surface area (Å²) >= 11 is 0. The summed E-state index contributed by atoms with van der Waals surface area (Å²) in [6, 6.07) is 0. The minimum absolute atomic E-state index is 0.280. The van der Waals surface area contributed by atoms with Gasteiger partial charge in [-0.25, -0.2) is 0 Å². The van der Waals surface area contributed by atoms with E-state index in [-0.39, 0.29) is 5.92 Å². The van der Waals surface area contributed by atoms with Crippen molar-refractivity contribution in [3.63, 3.8) is 0 Å². The monoisotopic (exact) mass is 85.1 g/mol. The van der Waals surface area contributed by atoms with Crippen LogP contribution in [0.1, 0.15) is 13.3 Å². The van der Waals surface area contributed by atoms with Gasteiger partial charge in [0.15, 0.2) is 0 Å². The molecule has 0 bridgehead atoms. The summed E-state index contributed by atoms with van der Waals surface area (Å²) in [6.45, 7) is 5.51. The zero-order chi connectivity index (χ0) is 4.99. The van der Waals surface area contributed by atoms with E-state index in [0.29, 0.717) is 6.42 Å². The molecule has 0 rings (SSSR count). The maximum Gasteiger partial charge on any atom is 0.124 e. The normalized spacial score (nSPS) is 13.5. The number of carbonyl (C=O) groups is 1. The van der Waals surface area contributed by atoms with Crippen LogP contribution in [0.5, 0.6) is 0 Å². The van der Waals surface area contributed by atoms with Crippen molar-refractivity contribution in [2.24, 2.45) is 5.92 Å². The molecule has 0 spiro atoms. The number of carbonyl (C=O) groups excluding carboxylic acids is 1. The Kier molecular flexibility index (Phi) is 2.55. The number of hydrogen-bond acceptors (Lipinski definition) is 1. The Morgan fingerprint density at radius 1 is 2.00 bits per heavy atom. The van der Waals surface area contributed by atoms with Crippen LogP contribution in [0.4, 0.5) is 0 Å². The number of aldehydes is 1. The van der Waals surface area contributed by atoms with Gasteiger partial charge in [-0.15, -0.1) is 0 Å². The molecule has 1 heteroatoms. The van der Waals surface area contributed by atoms with Crippen molar-refractivity contribution in [2.75, 3.05) is 0 Å². The van der Waals surface area contributed by atoms with Gasteiger partial charge in [-0.1, -0.05) is 0 Å². The summed E-state index contributed by atoms with van der Waals surface area (Å²) < 4.78 is 0. The molecule has 1 atom stereocenters. The lowest BCUT2D eigenvalue weighted by Crippen LogP contribution is -1.85. The SMILES string of the molecule is [CH2+]C(C)CC=O. The van der Waals surface area contributed by atoms with Crippen LogP contribution in [-0.4, -0.2) is 6.29 Å². The van der Waals surface area contributed by atoms with Crippen LogP contribution in [0.25, 0.3) is 0 Å². The lowest BCUT2D eigenvalue weighted by molar-refractivity contribution is -0.108. The topological polar surface area (TPSA) is 17.1 Å². The van der Waals surface area contributed by atoms with Crippen molar-refractivity contribution in [3.05, 3.63) is 6.92 Å². The Labute approximate surface area is 38.4 Å². The predicted molar refractivity (Wildman–Crippen MR) is 25.2 cm³/mol. The summed E-state index contributed by atoms with van der Waals surface area (Å²) in [5.74, 6) is 0.280. The Hall–Kier alpha value is -0.460. The summed E-state index contributed by atoms with van der Waals surface area (Å²) in [4.78, 5) is 9.58. The Morgan fingerprint density at radius 3 is 2.50 bits per heavy atom. The highest BCUT2D eigenvalue weighted by molar-refractivity contribution is 5.49. The van der Waals surface area contributed by atoms with Crippen molar-refractivity contribution >= 4 is 6.29 Å². The molecule has 0 aliphatic heterocycles. The third-order valence-electron chi connectivity index (χ3n) is 0.499. The quantitative estimate of drug-likeness (QED) is 0.362. The van der Waals surface area contributed by atoms with E-state index >= 15 is 0 Å². The molecule has 1 nitrogen and oxygen atoms in total. The first kappa shape index (κ1) is 5.54. The molecular weight excluding hydrogens is 76.1 g/mol. The van der Waals surface area contributed by atoms with Crippen molar-refractivity contribution < 1.29 is 4.79 Å². The molecule has 0 N–H and O–H groups in total. The zero-order valence-electron chi connectivity index (χ0n) is 3.98. The maximum atomic E-state index is 9.58. The average Bonchev–Trinajstić information content (AvgIpc) is 1.35. The summed E-state index contributed by atoms with van der Waals surface area (Å²) in [6.07, 6.45) is 1.47. The summed E-state index contributed by atoms with van der Waals surface area (Å²) in [5, 5.41) is 0. The standard InChI is InChI=1S/C5H9O/c1-5(2)3-4-6/h4-5H,1,3H2,2H3/q+1. The molecule has 1 unspecified atom stereocenters. The van der Waals surface area contributed by atoms with Crippen LogP contribution in [0.3, 0.4) is 0 Å². The predicted octanol–water partition coefficient (Wildman–Crippen LogP) is 1.05. The Balaban J connectivity index is 2.81. The number of hydrogen-bond donors (Lipinski definition) is 0. The van der Waals surface area contributed by atoms with Crippen LogP contribution in [-0.2, 0) is 4.79 Å². The lowest BCUT2D eigenvalue weighted by Gasteiger charge is -1.81. The highest BCUT2D eigenvalue weighted by atomic mass is 16.1. The van der Waals surface area contributed by atoms with E-state index in [9.17, 15) is 4.79 Å². The van der Waals surface area contributed by atoms with Crippen molar-refractivity contribution in [2.45, 2.75) is 13.3 Å². The van der Waals surface area contributed by atoms with Gasteiger partial charge in [0, 0.05) is 6.42 Å². The van der Waals surface area contributed by atoms with E-state index in [0.717, 1.165) is 6.29 Å². The van der Waals surface area contributed by atoms with E-state index in [2.05, 4.69) is 6.92 Å². The van der Waals surface area contributed by atoms with Crippen LogP contribution >= 0.6 is 0 Å². The molecule has 34 valence electrons. The van der Waals surface area contributed by atoms with E-state index in [1.807, 2.05) is 6.92 Å². The zero-order valence-corrected chi connectivity index (χ0v) is 3.98. The molecule has 0 aromatic heterocycles. The van der Waals surface area contributed by atoms with E-state index in [1.165, 1.54) is 0 Å². The van der Waals surface area contributed by atoms with Gasteiger partial charge in [0.2, 0.25) is 0 Å². The van der Waals surface area contributed by atoms with Gasteiger partial charge in [0.05, 0.1) is 12.8 Å². The molecule has 0 heterocycles. The largest absolute Gasteiger partial charge is 0.303 e. The molecule has 6 heavy (non-hydrogen) atoms. The maximum absolute atomic E-state index is 9.58. The van der Waals surface area contributed by atoms with Crippen LogP contribution in [0, 0.1) is 12.8 Å². The second-order valence-electron chi connectivity index (χ2n) is 1.51. The fourth-order valence-electron chi connectivity index (χ4n) is 0.164. The van der Waals surface area contributed by atoms with Gasteiger partial charge >= 0.3 is 0 Å². The first-order chi connectivity index (χ1) is 2.77. The highest BCUT2D eigenvalue weighted by Gasteiger charge is 1.94. The van der Waals surface area contributed by atoms with E-state index < -0.39 is 0 Å². The van der Waals surface area contributed by atoms with Gasteiger partial charge < -0.3 is 4.79 Å². The van der Waals surface area contributed by atoms with Crippen molar-refractivity contribution in [1.82, 2.24) is 0 Å². The Bertz CT molecular complexity index is 39.2. The fraction of sp³-hybridized carbons (Fsp3) is 0.600. The molecule has 0 aromatic rings. The second-order valence-corrected chi connectivity index (χ2v) is 1.51. The Morgan fingerprint density at radius 2 is 2.50 bits per heavy atom. The number of rotatable bonds is 2. The first-order valence-electron chi connectivity index (χ1n) is 2.04. The van der Waals surface area contributed by atoms with Crippen molar-refractivity contribution in [1.29, 1.82) is 0 Å². The molecular formula is C5H9O+. The van der Waals surface area contributed by atoms with Crippen molar-refractivity contribution in [3.8, 4) is 0 Å². The molecule has 0 amide bonds. The van der Waals surface area contributed by atoms with Crippen LogP contribution in [0.15, 0.2) is 0 Å². The summed E-state index contributed by atoms with van der Waals surface area (Å²) in [5.41, 5.74) is 0. The van der Waals surface area contributed by atoms with E-state index in [1.54, 1.807) is 0 Å². The fourth-order valence-corrected chi connectivity index (χ4v) is 0.164. The molecule has 0 aliphatic carbocycles. The second kappa shape index (κ2) is 2.76. The lowest BCUT2D eigenvalue weighted by atomic mass is 10.2. The van der Waals surface area contributed by atoms with Gasteiger partial charge in [-0.05, 0) is 6.92 Å². The van der Waals surface area contributed by atoms with Gasteiger partial charge in [-0.2, -0.15) is 0 Å². The van der Waals surface area contributed by atoms with Gasteiger partial charge in [0.25, 0.3) is 0 Å². The molecule has 0 saturated carbocycles. The van der Waals surface area contributed by atoms with Gasteiger partial charge in [-0.3, -0.25) is 0 Å². The molecule has 0 saturated heterocycles.